The monoisotopic (exact) mass is 308 g/mol. The molecule has 0 aliphatic carbocycles. The molecule has 0 aromatic heterocycles. The van der Waals surface area contributed by atoms with Crippen LogP contribution in [0.3, 0.4) is 0 Å². The van der Waals surface area contributed by atoms with Crippen LogP contribution in [-0.2, 0) is 14.4 Å². The van der Waals surface area contributed by atoms with Crippen LogP contribution in [0.15, 0.2) is 24.3 Å². The SMILES string of the molecule is Cc1ccc(N2C(=O)C[C@H](SC[C@@H](N)C(=O)O)C2=O)cc1. The largest absolute Gasteiger partial charge is 0.480 e. The van der Waals surface area contributed by atoms with Crippen molar-refractivity contribution in [1.82, 2.24) is 0 Å². The molecule has 2 rings (SSSR count). The number of imide groups is 1. The summed E-state index contributed by atoms with van der Waals surface area (Å²) in [6.45, 7) is 1.92. The summed E-state index contributed by atoms with van der Waals surface area (Å²) in [7, 11) is 0. The minimum atomic E-state index is -1.12. The fourth-order valence-corrected chi connectivity index (χ4v) is 3.08. The van der Waals surface area contributed by atoms with E-state index in [1.54, 1.807) is 12.1 Å². The van der Waals surface area contributed by atoms with Crippen LogP contribution >= 0.6 is 11.8 Å². The van der Waals surface area contributed by atoms with E-state index in [9.17, 15) is 14.4 Å². The Bertz CT molecular complexity index is 573. The maximum absolute atomic E-state index is 12.3. The average Bonchev–Trinajstić information content (AvgIpc) is 2.72. The Hall–Kier alpha value is -1.86. The molecule has 0 spiro atoms. The van der Waals surface area contributed by atoms with E-state index in [1.807, 2.05) is 19.1 Å². The van der Waals surface area contributed by atoms with Crippen molar-refractivity contribution in [3.8, 4) is 0 Å². The maximum Gasteiger partial charge on any atom is 0.321 e. The molecule has 2 amide bonds. The van der Waals surface area contributed by atoms with Crippen molar-refractivity contribution < 1.29 is 19.5 Å². The normalized spacial score (nSPS) is 19.9. The number of rotatable bonds is 5. The Labute approximate surface area is 126 Å². The van der Waals surface area contributed by atoms with Crippen molar-refractivity contribution in [2.24, 2.45) is 5.73 Å². The number of aliphatic carboxylic acids is 1. The van der Waals surface area contributed by atoms with Gasteiger partial charge in [-0.1, -0.05) is 17.7 Å². The lowest BCUT2D eigenvalue weighted by Crippen LogP contribution is -2.35. The molecule has 6 nitrogen and oxygen atoms in total. The van der Waals surface area contributed by atoms with Gasteiger partial charge < -0.3 is 10.8 Å². The van der Waals surface area contributed by atoms with Gasteiger partial charge in [-0.2, -0.15) is 0 Å². The number of hydrogen-bond acceptors (Lipinski definition) is 5. The van der Waals surface area contributed by atoms with Crippen LogP contribution in [0.4, 0.5) is 5.69 Å². The third-order valence-corrected chi connectivity index (χ3v) is 4.51. The number of carbonyl (C=O) groups excluding carboxylic acids is 2. The Morgan fingerprint density at radius 2 is 2.05 bits per heavy atom. The van der Waals surface area contributed by atoms with Gasteiger partial charge in [-0.25, -0.2) is 4.90 Å². The Kier molecular flexibility index (Phi) is 4.64. The van der Waals surface area contributed by atoms with E-state index in [0.717, 1.165) is 22.2 Å². The summed E-state index contributed by atoms with van der Waals surface area (Å²) < 4.78 is 0. The predicted molar refractivity (Wildman–Crippen MR) is 80.1 cm³/mol. The Morgan fingerprint density at radius 1 is 1.43 bits per heavy atom. The molecule has 112 valence electrons. The quantitative estimate of drug-likeness (QED) is 0.779. The number of thioether (sulfide) groups is 1. The number of amides is 2. The Balaban J connectivity index is 2.06. The summed E-state index contributed by atoms with van der Waals surface area (Å²) in [6.07, 6.45) is 0.0731. The van der Waals surface area contributed by atoms with Gasteiger partial charge in [0.1, 0.15) is 6.04 Å². The number of nitrogens with two attached hydrogens (primary N) is 1. The molecule has 21 heavy (non-hydrogen) atoms. The first-order chi connectivity index (χ1) is 9.90. The zero-order valence-corrected chi connectivity index (χ0v) is 12.3. The molecule has 1 heterocycles. The van der Waals surface area contributed by atoms with Crippen LogP contribution in [-0.4, -0.2) is 39.9 Å². The molecule has 1 aliphatic heterocycles. The molecular formula is C14H16N2O4S. The predicted octanol–water partition coefficient (Wildman–Crippen LogP) is 0.772. The number of carboxylic acid groups (broad SMARTS) is 1. The van der Waals surface area contributed by atoms with Gasteiger partial charge >= 0.3 is 5.97 Å². The fourth-order valence-electron chi connectivity index (χ4n) is 1.99. The summed E-state index contributed by atoms with van der Waals surface area (Å²) in [5.74, 6) is -1.60. The standard InChI is InChI=1S/C14H16N2O4S/c1-8-2-4-9(5-3-8)16-12(17)6-11(13(16)18)21-7-10(15)14(19)20/h2-5,10-11H,6-7,15H2,1H3,(H,19,20)/t10-,11+/m1/s1. The molecule has 1 saturated heterocycles. The molecule has 1 fully saturated rings. The van der Waals surface area contributed by atoms with Gasteiger partial charge in [0.05, 0.1) is 10.9 Å². The molecule has 1 aliphatic rings. The van der Waals surface area contributed by atoms with Gasteiger partial charge in [-0.3, -0.25) is 14.4 Å². The highest BCUT2D eigenvalue weighted by atomic mass is 32.2. The van der Waals surface area contributed by atoms with Gasteiger partial charge in [0.15, 0.2) is 0 Å². The third-order valence-electron chi connectivity index (χ3n) is 3.19. The molecule has 2 atom stereocenters. The van der Waals surface area contributed by atoms with Crippen LogP contribution in [0.2, 0.25) is 0 Å². The summed E-state index contributed by atoms with van der Waals surface area (Å²) in [5.41, 5.74) is 6.99. The smallest absolute Gasteiger partial charge is 0.321 e. The molecule has 1 aromatic rings. The van der Waals surface area contributed by atoms with Gasteiger partial charge in [0.2, 0.25) is 11.8 Å². The van der Waals surface area contributed by atoms with E-state index in [4.69, 9.17) is 10.8 Å². The number of carbonyl (C=O) groups is 3. The molecule has 0 saturated carbocycles. The van der Waals surface area contributed by atoms with E-state index >= 15 is 0 Å². The van der Waals surface area contributed by atoms with Gasteiger partial charge in [0.25, 0.3) is 0 Å². The second kappa shape index (κ2) is 6.28. The maximum atomic E-state index is 12.3. The lowest BCUT2D eigenvalue weighted by atomic mass is 10.2. The van der Waals surface area contributed by atoms with E-state index < -0.39 is 17.3 Å². The lowest BCUT2D eigenvalue weighted by Gasteiger charge is -2.15. The van der Waals surface area contributed by atoms with Crippen molar-refractivity contribution >= 4 is 35.2 Å². The number of carboxylic acids is 1. The van der Waals surface area contributed by atoms with Crippen LogP contribution in [0.25, 0.3) is 0 Å². The van der Waals surface area contributed by atoms with Gasteiger partial charge in [-0.15, -0.1) is 11.8 Å². The van der Waals surface area contributed by atoms with Crippen LogP contribution in [0.5, 0.6) is 0 Å². The third kappa shape index (κ3) is 3.43. The molecule has 0 bridgehead atoms. The number of benzene rings is 1. The first kappa shape index (κ1) is 15.5. The van der Waals surface area contributed by atoms with Crippen LogP contribution in [0, 0.1) is 6.92 Å². The zero-order valence-electron chi connectivity index (χ0n) is 11.5. The Morgan fingerprint density at radius 3 is 2.62 bits per heavy atom. The minimum Gasteiger partial charge on any atom is -0.480 e. The topological polar surface area (TPSA) is 101 Å². The van der Waals surface area contributed by atoms with Crippen LogP contribution < -0.4 is 10.6 Å². The molecule has 7 heteroatoms. The van der Waals surface area contributed by atoms with Crippen molar-refractivity contribution in [3.63, 3.8) is 0 Å². The lowest BCUT2D eigenvalue weighted by molar-refractivity contribution is -0.138. The minimum absolute atomic E-state index is 0.0731. The summed E-state index contributed by atoms with van der Waals surface area (Å²) in [6, 6.07) is 6.07. The summed E-state index contributed by atoms with van der Waals surface area (Å²) in [5, 5.41) is 8.16. The highest BCUT2D eigenvalue weighted by Gasteiger charge is 2.40. The first-order valence-electron chi connectivity index (χ1n) is 6.43. The highest BCUT2D eigenvalue weighted by Crippen LogP contribution is 2.29. The zero-order chi connectivity index (χ0) is 15.6. The van der Waals surface area contributed by atoms with Gasteiger partial charge in [-0.05, 0) is 19.1 Å². The van der Waals surface area contributed by atoms with Crippen molar-refractivity contribution in [2.75, 3.05) is 10.7 Å². The van der Waals surface area contributed by atoms with Crippen molar-refractivity contribution in [3.05, 3.63) is 29.8 Å². The molecular weight excluding hydrogens is 292 g/mol. The second-order valence-electron chi connectivity index (χ2n) is 4.87. The molecule has 3 N–H and O–H groups in total. The number of aryl methyl sites for hydroxylation is 1. The fraction of sp³-hybridized carbons (Fsp3) is 0.357. The first-order valence-corrected chi connectivity index (χ1v) is 7.48. The second-order valence-corrected chi connectivity index (χ2v) is 6.11. The molecule has 0 radical (unpaired) electrons. The van der Waals surface area contributed by atoms with Crippen molar-refractivity contribution in [1.29, 1.82) is 0 Å². The van der Waals surface area contributed by atoms with E-state index in [0.29, 0.717) is 5.69 Å². The van der Waals surface area contributed by atoms with Crippen molar-refractivity contribution in [2.45, 2.75) is 24.6 Å². The molecule has 1 aromatic carbocycles. The molecule has 0 unspecified atom stereocenters. The summed E-state index contributed by atoms with van der Waals surface area (Å²) >= 11 is 1.12. The highest BCUT2D eigenvalue weighted by molar-refractivity contribution is 8.00. The average molecular weight is 308 g/mol. The van der Waals surface area contributed by atoms with Crippen LogP contribution in [0.1, 0.15) is 12.0 Å². The summed E-state index contributed by atoms with van der Waals surface area (Å²) in [4.78, 5) is 36.1. The van der Waals surface area contributed by atoms with E-state index in [1.165, 1.54) is 0 Å². The van der Waals surface area contributed by atoms with Gasteiger partial charge in [0, 0.05) is 12.2 Å². The number of nitrogens with zero attached hydrogens (tertiary/aromatic N) is 1. The van der Waals surface area contributed by atoms with E-state index in [-0.39, 0.29) is 24.0 Å². The number of anilines is 1. The number of hydrogen-bond donors (Lipinski definition) is 2. The van der Waals surface area contributed by atoms with E-state index in [2.05, 4.69) is 0 Å².